The van der Waals surface area contributed by atoms with E-state index in [2.05, 4.69) is 24.1 Å². The number of hydrogen-bond acceptors (Lipinski definition) is 3. The second-order valence-electron chi connectivity index (χ2n) is 5.58. The minimum Gasteiger partial charge on any atom is -0.370 e. The van der Waals surface area contributed by atoms with Crippen molar-refractivity contribution in [1.29, 1.82) is 0 Å². The van der Waals surface area contributed by atoms with Gasteiger partial charge in [-0.2, -0.15) is 0 Å². The van der Waals surface area contributed by atoms with Gasteiger partial charge in [-0.1, -0.05) is 18.5 Å². The van der Waals surface area contributed by atoms with Crippen LogP contribution in [-0.2, 0) is 0 Å². The molecule has 2 atom stereocenters. The minimum absolute atomic E-state index is 0.0486. The maximum atomic E-state index is 12.7. The quantitative estimate of drug-likeness (QED) is 0.869. The predicted octanol–water partition coefficient (Wildman–Crippen LogP) is 3.43. The summed E-state index contributed by atoms with van der Waals surface area (Å²) >= 11 is 6.01. The molecule has 4 nitrogen and oxygen atoms in total. The van der Waals surface area contributed by atoms with Crippen molar-refractivity contribution in [3.63, 3.8) is 0 Å². The van der Waals surface area contributed by atoms with Crippen LogP contribution >= 0.6 is 11.6 Å². The molecule has 2 heterocycles. The molecule has 0 aromatic carbocycles. The number of carbonyl (C=O) groups is 1. The average Bonchev–Trinajstić information content (AvgIpc) is 2.40. The monoisotopic (exact) mass is 295 g/mol. The number of piperidine rings is 1. The van der Waals surface area contributed by atoms with Crippen LogP contribution in [0.3, 0.4) is 0 Å². The Morgan fingerprint density at radius 1 is 1.45 bits per heavy atom. The van der Waals surface area contributed by atoms with Crippen LogP contribution in [0, 0.1) is 5.92 Å². The minimum atomic E-state index is 0.0486. The first-order chi connectivity index (χ1) is 9.51. The van der Waals surface area contributed by atoms with Gasteiger partial charge < -0.3 is 10.2 Å². The van der Waals surface area contributed by atoms with Crippen molar-refractivity contribution in [2.24, 2.45) is 5.92 Å². The Hall–Kier alpha value is -1.29. The SMILES string of the molecule is CCNc1cc(C(=O)N2CC(C)CCC2C)cc(Cl)n1. The molecule has 1 aliphatic heterocycles. The molecular weight excluding hydrogens is 274 g/mol. The summed E-state index contributed by atoms with van der Waals surface area (Å²) in [6.45, 7) is 7.85. The zero-order chi connectivity index (χ0) is 14.7. The Morgan fingerprint density at radius 2 is 2.20 bits per heavy atom. The number of amides is 1. The molecule has 1 N–H and O–H groups in total. The summed E-state index contributed by atoms with van der Waals surface area (Å²) in [6, 6.07) is 3.72. The number of rotatable bonds is 3. The number of likely N-dealkylation sites (tertiary alicyclic amines) is 1. The predicted molar refractivity (Wildman–Crippen MR) is 82.3 cm³/mol. The number of carbonyl (C=O) groups excluding carboxylic acids is 1. The highest BCUT2D eigenvalue weighted by molar-refractivity contribution is 6.29. The van der Waals surface area contributed by atoms with Gasteiger partial charge in [0.2, 0.25) is 0 Å². The highest BCUT2D eigenvalue weighted by Gasteiger charge is 2.28. The van der Waals surface area contributed by atoms with Gasteiger partial charge >= 0.3 is 0 Å². The molecule has 2 unspecified atom stereocenters. The van der Waals surface area contributed by atoms with E-state index in [0.29, 0.717) is 22.5 Å². The van der Waals surface area contributed by atoms with Crippen molar-refractivity contribution in [2.75, 3.05) is 18.4 Å². The summed E-state index contributed by atoms with van der Waals surface area (Å²) < 4.78 is 0. The lowest BCUT2D eigenvalue weighted by Gasteiger charge is -2.37. The number of anilines is 1. The molecule has 0 spiro atoms. The summed E-state index contributed by atoms with van der Waals surface area (Å²) in [4.78, 5) is 18.8. The summed E-state index contributed by atoms with van der Waals surface area (Å²) in [5.41, 5.74) is 0.613. The third-order valence-electron chi connectivity index (χ3n) is 3.78. The van der Waals surface area contributed by atoms with Gasteiger partial charge in [-0.05, 0) is 44.7 Å². The van der Waals surface area contributed by atoms with Crippen LogP contribution in [0.5, 0.6) is 0 Å². The third kappa shape index (κ3) is 3.42. The Bertz CT molecular complexity index is 492. The number of halogens is 1. The second-order valence-corrected chi connectivity index (χ2v) is 5.97. The van der Waals surface area contributed by atoms with Crippen molar-refractivity contribution in [1.82, 2.24) is 9.88 Å². The standard InChI is InChI=1S/C15H22ClN3O/c1-4-17-14-8-12(7-13(16)18-14)15(20)19-9-10(2)5-6-11(19)3/h7-8,10-11H,4-6,9H2,1-3H3,(H,17,18). The first kappa shape index (κ1) is 15.1. The number of aromatic nitrogens is 1. The molecule has 0 bridgehead atoms. The molecule has 0 aliphatic carbocycles. The zero-order valence-corrected chi connectivity index (χ0v) is 13.1. The lowest BCUT2D eigenvalue weighted by atomic mass is 9.94. The van der Waals surface area contributed by atoms with Gasteiger partial charge in [0.15, 0.2) is 0 Å². The first-order valence-electron chi connectivity index (χ1n) is 7.23. The van der Waals surface area contributed by atoms with E-state index < -0.39 is 0 Å². The van der Waals surface area contributed by atoms with Crippen molar-refractivity contribution in [3.05, 3.63) is 22.8 Å². The van der Waals surface area contributed by atoms with Crippen molar-refractivity contribution >= 4 is 23.3 Å². The van der Waals surface area contributed by atoms with Crippen LogP contribution in [0.25, 0.3) is 0 Å². The van der Waals surface area contributed by atoms with E-state index in [-0.39, 0.29) is 11.9 Å². The van der Waals surface area contributed by atoms with Gasteiger partial charge in [0.1, 0.15) is 11.0 Å². The van der Waals surface area contributed by atoms with Gasteiger partial charge in [0, 0.05) is 24.7 Å². The Kier molecular flexibility index (Phi) is 4.86. The molecule has 0 radical (unpaired) electrons. The number of pyridine rings is 1. The average molecular weight is 296 g/mol. The highest BCUT2D eigenvalue weighted by Crippen LogP contribution is 2.24. The van der Waals surface area contributed by atoms with E-state index in [1.807, 2.05) is 11.8 Å². The van der Waals surface area contributed by atoms with Crippen LogP contribution < -0.4 is 5.32 Å². The van der Waals surface area contributed by atoms with E-state index in [1.54, 1.807) is 12.1 Å². The molecule has 110 valence electrons. The fraction of sp³-hybridized carbons (Fsp3) is 0.600. The van der Waals surface area contributed by atoms with Gasteiger partial charge in [0.05, 0.1) is 0 Å². The Labute approximate surface area is 125 Å². The van der Waals surface area contributed by atoms with Gasteiger partial charge in [0.25, 0.3) is 5.91 Å². The van der Waals surface area contributed by atoms with Crippen LogP contribution in [0.1, 0.15) is 44.0 Å². The summed E-state index contributed by atoms with van der Waals surface area (Å²) in [5.74, 6) is 1.26. The van der Waals surface area contributed by atoms with E-state index in [9.17, 15) is 4.79 Å². The number of hydrogen-bond donors (Lipinski definition) is 1. The fourth-order valence-electron chi connectivity index (χ4n) is 2.63. The van der Waals surface area contributed by atoms with Crippen molar-refractivity contribution in [3.8, 4) is 0 Å². The van der Waals surface area contributed by atoms with Gasteiger partial charge in [-0.25, -0.2) is 4.98 Å². The van der Waals surface area contributed by atoms with Crippen LogP contribution in [0.15, 0.2) is 12.1 Å². The van der Waals surface area contributed by atoms with Crippen LogP contribution in [0.2, 0.25) is 5.15 Å². The van der Waals surface area contributed by atoms with Crippen LogP contribution in [0.4, 0.5) is 5.82 Å². The molecule has 0 saturated carbocycles. The van der Waals surface area contributed by atoms with Gasteiger partial charge in [-0.3, -0.25) is 4.79 Å². The molecule has 1 aromatic rings. The lowest BCUT2D eigenvalue weighted by Crippen LogP contribution is -2.44. The summed E-state index contributed by atoms with van der Waals surface area (Å²) in [7, 11) is 0. The summed E-state index contributed by atoms with van der Waals surface area (Å²) in [6.07, 6.45) is 2.25. The van der Waals surface area contributed by atoms with Crippen molar-refractivity contribution < 1.29 is 4.79 Å². The Morgan fingerprint density at radius 3 is 2.90 bits per heavy atom. The molecule has 2 rings (SSSR count). The first-order valence-corrected chi connectivity index (χ1v) is 7.61. The van der Waals surface area contributed by atoms with E-state index >= 15 is 0 Å². The normalized spacial score (nSPS) is 22.7. The smallest absolute Gasteiger partial charge is 0.254 e. The van der Waals surface area contributed by atoms with E-state index in [0.717, 1.165) is 19.5 Å². The number of nitrogens with zero attached hydrogens (tertiary/aromatic N) is 2. The maximum Gasteiger partial charge on any atom is 0.254 e. The van der Waals surface area contributed by atoms with E-state index in [4.69, 9.17) is 11.6 Å². The van der Waals surface area contributed by atoms with E-state index in [1.165, 1.54) is 6.42 Å². The largest absolute Gasteiger partial charge is 0.370 e. The molecular formula is C15H22ClN3O. The molecule has 1 saturated heterocycles. The molecule has 1 fully saturated rings. The molecule has 1 aromatic heterocycles. The van der Waals surface area contributed by atoms with Crippen molar-refractivity contribution in [2.45, 2.75) is 39.7 Å². The topological polar surface area (TPSA) is 45.2 Å². The molecule has 20 heavy (non-hydrogen) atoms. The third-order valence-corrected chi connectivity index (χ3v) is 3.97. The van der Waals surface area contributed by atoms with Gasteiger partial charge in [-0.15, -0.1) is 0 Å². The summed E-state index contributed by atoms with van der Waals surface area (Å²) in [5, 5.41) is 3.45. The highest BCUT2D eigenvalue weighted by atomic mass is 35.5. The fourth-order valence-corrected chi connectivity index (χ4v) is 2.84. The maximum absolute atomic E-state index is 12.7. The zero-order valence-electron chi connectivity index (χ0n) is 12.3. The number of nitrogens with one attached hydrogen (secondary N) is 1. The Balaban J connectivity index is 2.23. The second kappa shape index (κ2) is 6.44. The molecule has 5 heteroatoms. The lowest BCUT2D eigenvalue weighted by molar-refractivity contribution is 0.0574. The van der Waals surface area contributed by atoms with Crippen LogP contribution in [-0.4, -0.2) is 34.9 Å². The molecule has 1 aliphatic rings. The molecule has 1 amide bonds.